The molecule has 1 amide bonds. The Morgan fingerprint density at radius 2 is 2.17 bits per heavy atom. The molecule has 0 spiro atoms. The van der Waals surface area contributed by atoms with E-state index in [1.54, 1.807) is 12.1 Å². The van der Waals surface area contributed by atoms with Gasteiger partial charge in [0.1, 0.15) is 35.7 Å². The number of rotatable bonds is 7. The van der Waals surface area contributed by atoms with Gasteiger partial charge in [0.25, 0.3) is 5.91 Å². The van der Waals surface area contributed by atoms with E-state index in [-0.39, 0.29) is 48.2 Å². The lowest BCUT2D eigenvalue weighted by Gasteiger charge is -2.30. The third kappa shape index (κ3) is 4.46. The molecule has 3 fully saturated rings. The van der Waals surface area contributed by atoms with Gasteiger partial charge in [0.2, 0.25) is 0 Å². The third-order valence-corrected chi connectivity index (χ3v) is 9.14. The maximum Gasteiger partial charge on any atom is 0.318 e. The van der Waals surface area contributed by atoms with Gasteiger partial charge >= 0.3 is 6.01 Å². The second-order valence-corrected chi connectivity index (χ2v) is 11.7. The average molecular weight is 565 g/mol. The quantitative estimate of drug-likeness (QED) is 0.397. The van der Waals surface area contributed by atoms with Crippen molar-refractivity contribution in [2.24, 2.45) is 0 Å². The van der Waals surface area contributed by atoms with Gasteiger partial charge in [-0.2, -0.15) is 9.97 Å². The molecule has 11 heteroatoms. The molecular formula is C30H34F2N6O3. The molecule has 3 unspecified atom stereocenters. The molecule has 4 aliphatic heterocycles. The number of carbonyl (C=O) groups excluding carboxylic acids is 1. The predicted octanol–water partition coefficient (Wildman–Crippen LogP) is 3.93. The van der Waals surface area contributed by atoms with Crippen molar-refractivity contribution in [3.63, 3.8) is 0 Å². The first-order valence-electron chi connectivity index (χ1n) is 14.5. The van der Waals surface area contributed by atoms with Gasteiger partial charge in [-0.15, -0.1) is 0 Å². The molecule has 7 rings (SSSR count). The summed E-state index contributed by atoms with van der Waals surface area (Å²) >= 11 is 0. The molecule has 3 N–H and O–H groups in total. The highest BCUT2D eigenvalue weighted by Crippen LogP contribution is 2.42. The van der Waals surface area contributed by atoms with E-state index in [4.69, 9.17) is 4.74 Å². The van der Waals surface area contributed by atoms with Crippen LogP contribution in [0, 0.1) is 5.82 Å². The number of ether oxygens (including phenoxy) is 1. The van der Waals surface area contributed by atoms with E-state index in [0.717, 1.165) is 38.9 Å². The van der Waals surface area contributed by atoms with Gasteiger partial charge in [0.05, 0.1) is 23.5 Å². The van der Waals surface area contributed by atoms with Gasteiger partial charge in [-0.25, -0.2) is 8.78 Å². The SMILES string of the molecule is CCc1c(F)ccc2cc(O)cc(N3Cc4nc(OCC56CCCN5CC(F)C6)nc(NC5CCNC5)c4C3=O)c12. The molecule has 5 heterocycles. The summed E-state index contributed by atoms with van der Waals surface area (Å²) in [5, 5.41) is 18.5. The van der Waals surface area contributed by atoms with Crippen LogP contribution >= 0.6 is 0 Å². The number of phenols is 1. The zero-order chi connectivity index (χ0) is 28.3. The minimum atomic E-state index is -0.868. The lowest BCUT2D eigenvalue weighted by Crippen LogP contribution is -2.43. The summed E-state index contributed by atoms with van der Waals surface area (Å²) in [7, 11) is 0. The number of nitrogens with one attached hydrogen (secondary N) is 2. The fourth-order valence-corrected chi connectivity index (χ4v) is 7.20. The van der Waals surface area contributed by atoms with Crippen molar-refractivity contribution < 1.29 is 23.4 Å². The lowest BCUT2D eigenvalue weighted by atomic mass is 9.95. The standard InChI is InChI=1S/C30H34F2N6O3/c1-2-21-22(32)5-4-17-10-20(39)11-24(25(17)21)38-15-23-26(28(38)40)27(34-19-6-8-33-13-19)36-29(35-23)41-16-30-7-3-9-37(30)14-18(31)12-30/h4-5,10-11,18-19,33,39H,2-3,6-9,12-16H2,1H3,(H,34,35,36). The second-order valence-electron chi connectivity index (χ2n) is 11.7. The third-order valence-electron chi connectivity index (χ3n) is 9.14. The molecule has 3 aromatic rings. The van der Waals surface area contributed by atoms with E-state index in [0.29, 0.717) is 58.5 Å². The van der Waals surface area contributed by atoms with Gasteiger partial charge in [0.15, 0.2) is 0 Å². The molecule has 9 nitrogen and oxygen atoms in total. The highest BCUT2D eigenvalue weighted by atomic mass is 19.1. The molecule has 0 bridgehead atoms. The van der Waals surface area contributed by atoms with E-state index in [9.17, 15) is 18.7 Å². The number of alkyl halides is 1. The highest BCUT2D eigenvalue weighted by molar-refractivity contribution is 6.16. The summed E-state index contributed by atoms with van der Waals surface area (Å²) in [6, 6.07) is 6.31. The number of nitrogens with zero attached hydrogens (tertiary/aromatic N) is 4. The number of carbonyl (C=O) groups is 1. The number of aromatic nitrogens is 2. The Labute approximate surface area is 236 Å². The van der Waals surface area contributed by atoms with E-state index in [2.05, 4.69) is 25.5 Å². The van der Waals surface area contributed by atoms with Crippen LogP contribution in [0.3, 0.4) is 0 Å². The smallest absolute Gasteiger partial charge is 0.318 e. The first kappa shape index (κ1) is 26.3. The van der Waals surface area contributed by atoms with Gasteiger partial charge in [-0.05, 0) is 61.9 Å². The van der Waals surface area contributed by atoms with Crippen molar-refractivity contribution in [3.8, 4) is 11.8 Å². The monoisotopic (exact) mass is 564 g/mol. The molecule has 41 heavy (non-hydrogen) atoms. The zero-order valence-corrected chi connectivity index (χ0v) is 23.1. The fraction of sp³-hybridized carbons (Fsp3) is 0.500. The first-order valence-corrected chi connectivity index (χ1v) is 14.5. The van der Waals surface area contributed by atoms with Crippen molar-refractivity contribution >= 4 is 28.2 Å². The van der Waals surface area contributed by atoms with Crippen molar-refractivity contribution in [3.05, 3.63) is 46.9 Å². The Morgan fingerprint density at radius 3 is 2.98 bits per heavy atom. The molecule has 3 atom stereocenters. The van der Waals surface area contributed by atoms with E-state index >= 15 is 0 Å². The number of phenolic OH excluding ortho intramolecular Hbond substituents is 1. The van der Waals surface area contributed by atoms with Crippen molar-refractivity contribution in [1.29, 1.82) is 0 Å². The summed E-state index contributed by atoms with van der Waals surface area (Å²) in [6.07, 6.45) is 2.74. The van der Waals surface area contributed by atoms with Crippen LogP contribution in [0.5, 0.6) is 11.8 Å². The first-order chi connectivity index (χ1) is 19.8. The number of aromatic hydroxyl groups is 1. The van der Waals surface area contributed by atoms with Crippen LogP contribution in [0.2, 0.25) is 0 Å². The van der Waals surface area contributed by atoms with Crippen LogP contribution in [-0.4, -0.2) is 76.4 Å². The summed E-state index contributed by atoms with van der Waals surface area (Å²) < 4.78 is 35.4. The average Bonchev–Trinajstić information content (AvgIpc) is 3.72. The molecule has 0 aliphatic carbocycles. The van der Waals surface area contributed by atoms with Crippen LogP contribution in [0.15, 0.2) is 24.3 Å². The fourth-order valence-electron chi connectivity index (χ4n) is 7.20. The van der Waals surface area contributed by atoms with Crippen LogP contribution < -0.4 is 20.3 Å². The lowest BCUT2D eigenvalue weighted by molar-refractivity contribution is 0.0996. The molecule has 0 saturated carbocycles. The van der Waals surface area contributed by atoms with Crippen LogP contribution in [-0.2, 0) is 13.0 Å². The summed E-state index contributed by atoms with van der Waals surface area (Å²) in [4.78, 5) is 27.1. The molecule has 0 radical (unpaired) electrons. The number of hydrogen-bond donors (Lipinski definition) is 3. The minimum Gasteiger partial charge on any atom is -0.508 e. The second kappa shape index (κ2) is 10.1. The Morgan fingerprint density at radius 1 is 1.29 bits per heavy atom. The summed E-state index contributed by atoms with van der Waals surface area (Å²) in [5.41, 5.74) is 1.40. The van der Waals surface area contributed by atoms with E-state index in [1.165, 1.54) is 17.0 Å². The number of anilines is 2. The van der Waals surface area contributed by atoms with E-state index < -0.39 is 6.17 Å². The Kier molecular flexibility index (Phi) is 6.46. The van der Waals surface area contributed by atoms with E-state index in [1.807, 2.05) is 6.92 Å². The number of benzene rings is 2. The molecular weight excluding hydrogens is 530 g/mol. The molecule has 2 aromatic carbocycles. The number of halogens is 2. The topological polar surface area (TPSA) is 103 Å². The highest BCUT2D eigenvalue weighted by Gasteiger charge is 2.49. The molecule has 216 valence electrons. The normalized spacial score (nSPS) is 25.7. The number of aryl methyl sites for hydroxylation is 1. The number of amides is 1. The summed E-state index contributed by atoms with van der Waals surface area (Å²) in [6.45, 7) is 5.14. The van der Waals surface area contributed by atoms with Crippen molar-refractivity contribution in [2.75, 3.05) is 43.0 Å². The van der Waals surface area contributed by atoms with Crippen LogP contribution in [0.1, 0.15) is 54.2 Å². The Hall–Kier alpha value is -3.57. The maximum atomic E-state index is 14.9. The van der Waals surface area contributed by atoms with Gasteiger partial charge in [-0.1, -0.05) is 13.0 Å². The van der Waals surface area contributed by atoms with Gasteiger partial charge in [0, 0.05) is 37.0 Å². The van der Waals surface area contributed by atoms with Crippen molar-refractivity contribution in [2.45, 2.75) is 63.3 Å². The van der Waals surface area contributed by atoms with Crippen LogP contribution in [0.25, 0.3) is 10.8 Å². The Balaban J connectivity index is 1.26. The van der Waals surface area contributed by atoms with Gasteiger partial charge < -0.3 is 25.4 Å². The van der Waals surface area contributed by atoms with Crippen molar-refractivity contribution in [1.82, 2.24) is 20.2 Å². The zero-order valence-electron chi connectivity index (χ0n) is 23.1. The Bertz CT molecular complexity index is 1530. The summed E-state index contributed by atoms with van der Waals surface area (Å²) in [5.74, 6) is -0.299. The predicted molar refractivity (Wildman–Crippen MR) is 151 cm³/mol. The molecule has 1 aromatic heterocycles. The van der Waals surface area contributed by atoms with Gasteiger partial charge in [-0.3, -0.25) is 9.69 Å². The number of hydrogen-bond acceptors (Lipinski definition) is 8. The molecule has 3 saturated heterocycles. The van der Waals surface area contributed by atoms with Crippen LogP contribution in [0.4, 0.5) is 20.3 Å². The molecule has 4 aliphatic rings. The largest absolute Gasteiger partial charge is 0.508 e. The maximum absolute atomic E-state index is 14.9. The number of fused-ring (bicyclic) bond motifs is 3. The minimum absolute atomic E-state index is 0.0153.